The maximum Gasteiger partial charge on any atom is 0.121 e. The predicted octanol–water partition coefficient (Wildman–Crippen LogP) is 5.31. The lowest BCUT2D eigenvalue weighted by Gasteiger charge is -1.98. The summed E-state index contributed by atoms with van der Waals surface area (Å²) in [6.07, 6.45) is 0. The molecular formula is C19H19N5. The van der Waals surface area contributed by atoms with E-state index in [0.717, 1.165) is 27.8 Å². The van der Waals surface area contributed by atoms with Crippen LogP contribution in [0.15, 0.2) is 70.9 Å². The second-order valence-electron chi connectivity index (χ2n) is 4.96. The average Bonchev–Trinajstić information content (AvgIpc) is 3.09. The highest BCUT2D eigenvalue weighted by atomic mass is 15.5. The zero-order valence-corrected chi connectivity index (χ0v) is 14.0. The smallest absolute Gasteiger partial charge is 0.121 e. The van der Waals surface area contributed by atoms with Crippen LogP contribution in [0.2, 0.25) is 0 Å². The van der Waals surface area contributed by atoms with E-state index < -0.39 is 0 Å². The quantitative estimate of drug-likeness (QED) is 0.470. The molecule has 0 atom stereocenters. The number of nitrogens with zero attached hydrogens (tertiary/aromatic N) is 5. The fourth-order valence-corrected chi connectivity index (χ4v) is 2.53. The number of rotatable bonds is 2. The van der Waals surface area contributed by atoms with Gasteiger partial charge in [0.2, 0.25) is 0 Å². The minimum Gasteiger partial charge on any atom is -0.192 e. The highest BCUT2D eigenvalue weighted by Gasteiger charge is 2.08. The number of fused-ring (bicyclic) bond motifs is 3. The van der Waals surface area contributed by atoms with Crippen LogP contribution in [-0.2, 0) is 0 Å². The van der Waals surface area contributed by atoms with E-state index in [1.165, 1.54) is 5.39 Å². The molecule has 5 nitrogen and oxygen atoms in total. The summed E-state index contributed by atoms with van der Waals surface area (Å²) in [4.78, 5) is 1.66. The Kier molecular flexibility index (Phi) is 4.61. The summed E-state index contributed by atoms with van der Waals surface area (Å²) in [5, 5.41) is 19.2. The Balaban J connectivity index is 0.000000815. The molecule has 4 aromatic rings. The summed E-state index contributed by atoms with van der Waals surface area (Å²) in [6, 6.07) is 19.9. The Hall–Kier alpha value is -3.08. The van der Waals surface area contributed by atoms with Crippen molar-refractivity contribution in [2.24, 2.45) is 10.2 Å². The Labute approximate surface area is 140 Å². The minimum atomic E-state index is 0.813. The first-order chi connectivity index (χ1) is 11.8. The zero-order chi connectivity index (χ0) is 16.9. The molecule has 4 rings (SSSR count). The number of azo groups is 1. The van der Waals surface area contributed by atoms with Gasteiger partial charge in [0, 0.05) is 12.4 Å². The van der Waals surface area contributed by atoms with Crippen LogP contribution in [0.1, 0.15) is 13.8 Å². The molecule has 0 fully saturated rings. The normalized spacial score (nSPS) is 11.0. The fraction of sp³-hybridized carbons (Fsp3) is 0.158. The summed E-state index contributed by atoms with van der Waals surface area (Å²) >= 11 is 0. The van der Waals surface area contributed by atoms with Gasteiger partial charge in [0.1, 0.15) is 11.0 Å². The molecule has 1 aromatic heterocycles. The van der Waals surface area contributed by atoms with Gasteiger partial charge in [-0.05, 0) is 35.7 Å². The molecule has 0 unspecified atom stereocenters. The third kappa shape index (κ3) is 2.88. The number of aromatic nitrogens is 3. The first-order valence-electron chi connectivity index (χ1n) is 8.00. The van der Waals surface area contributed by atoms with Crippen molar-refractivity contribution in [2.75, 3.05) is 7.05 Å². The second-order valence-corrected chi connectivity index (χ2v) is 4.96. The highest BCUT2D eigenvalue weighted by Crippen LogP contribution is 2.23. The van der Waals surface area contributed by atoms with Gasteiger partial charge in [-0.3, -0.25) is 0 Å². The molecular weight excluding hydrogens is 298 g/mol. The van der Waals surface area contributed by atoms with Crippen molar-refractivity contribution in [3.8, 4) is 5.69 Å². The molecule has 0 N–H and O–H groups in total. The summed E-state index contributed by atoms with van der Waals surface area (Å²) < 4.78 is 0. The molecule has 24 heavy (non-hydrogen) atoms. The van der Waals surface area contributed by atoms with E-state index in [9.17, 15) is 0 Å². The zero-order valence-electron chi connectivity index (χ0n) is 14.0. The predicted molar refractivity (Wildman–Crippen MR) is 98.2 cm³/mol. The first kappa shape index (κ1) is 15.8. The van der Waals surface area contributed by atoms with Crippen LogP contribution in [0, 0.1) is 0 Å². The molecule has 3 aromatic carbocycles. The van der Waals surface area contributed by atoms with E-state index >= 15 is 0 Å². The number of benzene rings is 3. The van der Waals surface area contributed by atoms with Crippen LogP contribution in [-0.4, -0.2) is 22.0 Å². The van der Waals surface area contributed by atoms with E-state index in [0.29, 0.717) is 0 Å². The SMILES string of the molecule is CC.CN=Nc1ccc(-n2nc3ccc4ccccc4c3n2)cc1. The fourth-order valence-electron chi connectivity index (χ4n) is 2.53. The molecule has 0 bridgehead atoms. The molecule has 120 valence electrons. The number of hydrogen-bond acceptors (Lipinski definition) is 4. The molecule has 0 saturated heterocycles. The lowest BCUT2D eigenvalue weighted by Crippen LogP contribution is -1.97. The summed E-state index contributed by atoms with van der Waals surface area (Å²) in [5.41, 5.74) is 3.51. The van der Waals surface area contributed by atoms with Gasteiger partial charge in [0.15, 0.2) is 0 Å². The molecule has 0 aliphatic heterocycles. The molecule has 1 heterocycles. The van der Waals surface area contributed by atoms with Crippen molar-refractivity contribution in [2.45, 2.75) is 13.8 Å². The molecule has 0 amide bonds. The van der Waals surface area contributed by atoms with Crippen molar-refractivity contribution in [1.29, 1.82) is 0 Å². The molecule has 5 heteroatoms. The van der Waals surface area contributed by atoms with Crippen molar-refractivity contribution in [3.05, 3.63) is 60.7 Å². The second kappa shape index (κ2) is 7.00. The topological polar surface area (TPSA) is 55.4 Å². The van der Waals surface area contributed by atoms with Crippen LogP contribution in [0.3, 0.4) is 0 Å². The molecule has 0 saturated carbocycles. The van der Waals surface area contributed by atoms with Gasteiger partial charge in [0.05, 0.1) is 11.4 Å². The molecule has 0 aliphatic carbocycles. The van der Waals surface area contributed by atoms with Crippen molar-refractivity contribution in [1.82, 2.24) is 15.0 Å². The summed E-state index contributed by atoms with van der Waals surface area (Å²) in [7, 11) is 1.65. The molecule has 0 radical (unpaired) electrons. The Morgan fingerprint density at radius 3 is 2.33 bits per heavy atom. The average molecular weight is 317 g/mol. The molecule has 0 aliphatic rings. The lowest BCUT2D eigenvalue weighted by molar-refractivity contribution is 0.766. The van der Waals surface area contributed by atoms with Crippen LogP contribution in [0.25, 0.3) is 27.5 Å². The lowest BCUT2D eigenvalue weighted by atomic mass is 10.1. The Bertz CT molecular complexity index is 984. The van der Waals surface area contributed by atoms with E-state index in [-0.39, 0.29) is 0 Å². The third-order valence-corrected chi connectivity index (χ3v) is 3.57. The van der Waals surface area contributed by atoms with E-state index in [4.69, 9.17) is 0 Å². The van der Waals surface area contributed by atoms with E-state index in [1.807, 2.05) is 56.3 Å². The van der Waals surface area contributed by atoms with E-state index in [1.54, 1.807) is 11.8 Å². The Morgan fingerprint density at radius 2 is 1.58 bits per heavy atom. The van der Waals surface area contributed by atoms with Gasteiger partial charge in [-0.15, -0.1) is 10.2 Å². The standard InChI is InChI=1S/C17H13N5.C2H6/c1-18-19-13-7-9-14(10-8-13)22-20-16-11-6-12-4-2-3-5-15(12)17(16)21-22;1-2/h2-11H,1H3;1-2H3. The van der Waals surface area contributed by atoms with Crippen LogP contribution in [0.5, 0.6) is 0 Å². The maximum absolute atomic E-state index is 4.64. The van der Waals surface area contributed by atoms with Gasteiger partial charge in [-0.1, -0.05) is 44.2 Å². The van der Waals surface area contributed by atoms with Crippen molar-refractivity contribution < 1.29 is 0 Å². The monoisotopic (exact) mass is 317 g/mol. The van der Waals surface area contributed by atoms with Crippen LogP contribution < -0.4 is 0 Å². The van der Waals surface area contributed by atoms with Crippen LogP contribution >= 0.6 is 0 Å². The maximum atomic E-state index is 4.64. The highest BCUT2D eigenvalue weighted by molar-refractivity contribution is 6.03. The van der Waals surface area contributed by atoms with Gasteiger partial charge in [-0.2, -0.15) is 15.0 Å². The van der Waals surface area contributed by atoms with Gasteiger partial charge >= 0.3 is 0 Å². The van der Waals surface area contributed by atoms with Gasteiger partial charge in [-0.25, -0.2) is 0 Å². The van der Waals surface area contributed by atoms with Crippen molar-refractivity contribution >= 4 is 27.5 Å². The first-order valence-corrected chi connectivity index (χ1v) is 8.00. The van der Waals surface area contributed by atoms with Gasteiger partial charge in [0.25, 0.3) is 0 Å². The number of hydrogen-bond donors (Lipinski definition) is 0. The Morgan fingerprint density at radius 1 is 0.833 bits per heavy atom. The van der Waals surface area contributed by atoms with Crippen LogP contribution in [0.4, 0.5) is 5.69 Å². The molecule has 0 spiro atoms. The summed E-state index contributed by atoms with van der Waals surface area (Å²) in [5.74, 6) is 0. The summed E-state index contributed by atoms with van der Waals surface area (Å²) in [6.45, 7) is 4.00. The third-order valence-electron chi connectivity index (χ3n) is 3.57. The largest absolute Gasteiger partial charge is 0.192 e. The van der Waals surface area contributed by atoms with E-state index in [2.05, 4.69) is 38.6 Å². The van der Waals surface area contributed by atoms with Gasteiger partial charge < -0.3 is 0 Å². The van der Waals surface area contributed by atoms with Crippen molar-refractivity contribution in [3.63, 3.8) is 0 Å². The minimum absolute atomic E-state index is 0.813.